The lowest BCUT2D eigenvalue weighted by molar-refractivity contribution is 0.391. The zero-order valence-electron chi connectivity index (χ0n) is 8.12. The second-order valence-corrected chi connectivity index (χ2v) is 5.26. The molecule has 1 heterocycles. The molecule has 1 aliphatic carbocycles. The summed E-state index contributed by atoms with van der Waals surface area (Å²) in [4.78, 5) is 1.51. The van der Waals surface area contributed by atoms with Gasteiger partial charge in [0.05, 0.1) is 0 Å². The molecule has 1 aromatic rings. The SMILES string of the molecule is CC(N)C1(CCc2cccs2)CC1. The van der Waals surface area contributed by atoms with Gasteiger partial charge < -0.3 is 5.73 Å². The first kappa shape index (κ1) is 9.22. The minimum Gasteiger partial charge on any atom is -0.327 e. The van der Waals surface area contributed by atoms with Crippen molar-refractivity contribution in [1.29, 1.82) is 0 Å². The van der Waals surface area contributed by atoms with Gasteiger partial charge in [-0.2, -0.15) is 0 Å². The van der Waals surface area contributed by atoms with Gasteiger partial charge in [-0.05, 0) is 49.5 Å². The maximum Gasteiger partial charge on any atom is 0.00671 e. The van der Waals surface area contributed by atoms with Crippen LogP contribution in [0.3, 0.4) is 0 Å². The van der Waals surface area contributed by atoms with Crippen LogP contribution in [0.15, 0.2) is 17.5 Å². The highest BCUT2D eigenvalue weighted by molar-refractivity contribution is 7.09. The number of hydrogen-bond donors (Lipinski definition) is 1. The molecule has 0 radical (unpaired) electrons. The Kier molecular flexibility index (Phi) is 2.43. The van der Waals surface area contributed by atoms with Crippen LogP contribution in [0.25, 0.3) is 0 Å². The van der Waals surface area contributed by atoms with Gasteiger partial charge in [0.1, 0.15) is 0 Å². The molecule has 72 valence electrons. The van der Waals surface area contributed by atoms with E-state index in [4.69, 9.17) is 5.73 Å². The molecule has 1 saturated carbocycles. The first-order valence-electron chi connectivity index (χ1n) is 5.01. The van der Waals surface area contributed by atoms with Crippen LogP contribution in [0.1, 0.15) is 31.1 Å². The van der Waals surface area contributed by atoms with Crippen molar-refractivity contribution < 1.29 is 0 Å². The number of nitrogens with two attached hydrogens (primary N) is 1. The summed E-state index contributed by atoms with van der Waals surface area (Å²) in [7, 11) is 0. The third-order valence-corrected chi connectivity index (χ3v) is 4.24. The summed E-state index contributed by atoms with van der Waals surface area (Å²) in [6.07, 6.45) is 5.19. The predicted molar refractivity (Wildman–Crippen MR) is 58.0 cm³/mol. The lowest BCUT2D eigenvalue weighted by atomic mass is 9.92. The predicted octanol–water partition coefficient (Wildman–Crippen LogP) is 2.81. The second-order valence-electron chi connectivity index (χ2n) is 4.23. The van der Waals surface area contributed by atoms with Gasteiger partial charge in [0.2, 0.25) is 0 Å². The topological polar surface area (TPSA) is 26.0 Å². The van der Waals surface area contributed by atoms with Crippen molar-refractivity contribution in [2.75, 3.05) is 0 Å². The van der Waals surface area contributed by atoms with Crippen molar-refractivity contribution in [3.8, 4) is 0 Å². The molecule has 0 spiro atoms. The first-order chi connectivity index (χ1) is 6.23. The van der Waals surface area contributed by atoms with E-state index in [9.17, 15) is 0 Å². The molecule has 13 heavy (non-hydrogen) atoms. The molecule has 1 unspecified atom stereocenters. The Hall–Kier alpha value is -0.340. The molecule has 0 saturated heterocycles. The van der Waals surface area contributed by atoms with Crippen LogP contribution < -0.4 is 5.73 Å². The van der Waals surface area contributed by atoms with Crippen LogP contribution in [0.4, 0.5) is 0 Å². The van der Waals surface area contributed by atoms with Crippen LogP contribution in [-0.4, -0.2) is 6.04 Å². The number of rotatable bonds is 4. The largest absolute Gasteiger partial charge is 0.327 e. The molecule has 2 N–H and O–H groups in total. The Morgan fingerprint density at radius 1 is 1.62 bits per heavy atom. The molecule has 1 fully saturated rings. The summed E-state index contributed by atoms with van der Waals surface area (Å²) in [5, 5.41) is 2.15. The van der Waals surface area contributed by atoms with E-state index in [1.54, 1.807) is 0 Å². The van der Waals surface area contributed by atoms with Gasteiger partial charge in [-0.25, -0.2) is 0 Å². The van der Waals surface area contributed by atoms with E-state index in [0.29, 0.717) is 11.5 Å². The quantitative estimate of drug-likeness (QED) is 0.785. The Bertz CT molecular complexity index is 260. The van der Waals surface area contributed by atoms with Gasteiger partial charge >= 0.3 is 0 Å². The van der Waals surface area contributed by atoms with E-state index in [1.807, 2.05) is 11.3 Å². The second kappa shape index (κ2) is 3.43. The van der Waals surface area contributed by atoms with Crippen molar-refractivity contribution in [2.24, 2.45) is 11.1 Å². The summed E-state index contributed by atoms with van der Waals surface area (Å²) >= 11 is 1.86. The standard InChI is InChI=1S/C11H17NS/c1-9(12)11(6-7-11)5-4-10-3-2-8-13-10/h2-3,8-9H,4-7,12H2,1H3. The minimum absolute atomic E-state index is 0.382. The van der Waals surface area contributed by atoms with E-state index in [2.05, 4.69) is 24.4 Å². The summed E-state index contributed by atoms with van der Waals surface area (Å²) < 4.78 is 0. The molecule has 0 amide bonds. The maximum atomic E-state index is 5.98. The van der Waals surface area contributed by atoms with Crippen molar-refractivity contribution in [2.45, 2.75) is 38.6 Å². The first-order valence-corrected chi connectivity index (χ1v) is 5.89. The Labute approximate surface area is 84.0 Å². The highest BCUT2D eigenvalue weighted by Crippen LogP contribution is 2.51. The fraction of sp³-hybridized carbons (Fsp3) is 0.636. The highest BCUT2D eigenvalue weighted by Gasteiger charge is 2.44. The fourth-order valence-corrected chi connectivity index (χ4v) is 2.63. The fourth-order valence-electron chi connectivity index (χ4n) is 1.92. The van der Waals surface area contributed by atoms with E-state index in [1.165, 1.54) is 30.6 Å². The Morgan fingerprint density at radius 2 is 2.38 bits per heavy atom. The van der Waals surface area contributed by atoms with Crippen molar-refractivity contribution in [1.82, 2.24) is 0 Å². The van der Waals surface area contributed by atoms with Gasteiger partial charge in [0, 0.05) is 10.9 Å². The molecule has 1 aromatic heterocycles. The van der Waals surface area contributed by atoms with E-state index in [0.717, 1.165) is 0 Å². The lowest BCUT2D eigenvalue weighted by Crippen LogP contribution is -2.28. The maximum absolute atomic E-state index is 5.98. The monoisotopic (exact) mass is 195 g/mol. The molecule has 2 rings (SSSR count). The number of thiophene rings is 1. The highest BCUT2D eigenvalue weighted by atomic mass is 32.1. The van der Waals surface area contributed by atoms with E-state index >= 15 is 0 Å². The summed E-state index contributed by atoms with van der Waals surface area (Å²) in [6.45, 7) is 2.15. The summed E-state index contributed by atoms with van der Waals surface area (Å²) in [5.74, 6) is 0. The molecule has 1 atom stereocenters. The van der Waals surface area contributed by atoms with E-state index < -0.39 is 0 Å². The lowest BCUT2D eigenvalue weighted by Gasteiger charge is -2.18. The van der Waals surface area contributed by atoms with Gasteiger partial charge in [0.25, 0.3) is 0 Å². The van der Waals surface area contributed by atoms with Crippen molar-refractivity contribution in [3.05, 3.63) is 22.4 Å². The number of aryl methyl sites for hydroxylation is 1. The Morgan fingerprint density at radius 3 is 2.85 bits per heavy atom. The van der Waals surface area contributed by atoms with Crippen LogP contribution in [-0.2, 0) is 6.42 Å². The summed E-state index contributed by atoms with van der Waals surface area (Å²) in [5.41, 5.74) is 6.48. The molecule has 1 nitrogen and oxygen atoms in total. The smallest absolute Gasteiger partial charge is 0.00671 e. The van der Waals surface area contributed by atoms with Crippen LogP contribution in [0.2, 0.25) is 0 Å². The zero-order valence-corrected chi connectivity index (χ0v) is 8.94. The third kappa shape index (κ3) is 1.94. The van der Waals surface area contributed by atoms with E-state index in [-0.39, 0.29) is 0 Å². The minimum atomic E-state index is 0.382. The van der Waals surface area contributed by atoms with Gasteiger partial charge in [0.15, 0.2) is 0 Å². The molecule has 0 aromatic carbocycles. The average molecular weight is 195 g/mol. The molecule has 1 aliphatic rings. The van der Waals surface area contributed by atoms with Gasteiger partial charge in [-0.1, -0.05) is 6.07 Å². The molecular weight excluding hydrogens is 178 g/mol. The average Bonchev–Trinajstić information content (AvgIpc) is 2.73. The van der Waals surface area contributed by atoms with Gasteiger partial charge in [-0.15, -0.1) is 11.3 Å². The van der Waals surface area contributed by atoms with Crippen LogP contribution >= 0.6 is 11.3 Å². The molecule has 0 bridgehead atoms. The van der Waals surface area contributed by atoms with Crippen LogP contribution in [0, 0.1) is 5.41 Å². The van der Waals surface area contributed by atoms with Crippen molar-refractivity contribution in [3.63, 3.8) is 0 Å². The Balaban J connectivity index is 1.86. The molecule has 2 heteroatoms. The van der Waals surface area contributed by atoms with Gasteiger partial charge in [-0.3, -0.25) is 0 Å². The van der Waals surface area contributed by atoms with Crippen molar-refractivity contribution >= 4 is 11.3 Å². The third-order valence-electron chi connectivity index (χ3n) is 3.31. The summed E-state index contributed by atoms with van der Waals surface area (Å²) in [6, 6.07) is 4.74. The molecule has 0 aliphatic heterocycles. The number of hydrogen-bond acceptors (Lipinski definition) is 2. The van der Waals surface area contributed by atoms with Crippen LogP contribution in [0.5, 0.6) is 0 Å². The normalized spacial score (nSPS) is 21.4. The molecular formula is C11H17NS. The zero-order chi connectivity index (χ0) is 9.31.